The lowest BCUT2D eigenvalue weighted by Crippen LogP contribution is -2.39. The maximum absolute atomic E-state index is 8.33. The van der Waals surface area contributed by atoms with E-state index in [4.69, 9.17) is 42.5 Å². The molecule has 21 aromatic rings. The van der Waals surface area contributed by atoms with Crippen LogP contribution in [0.5, 0.6) is 0 Å². The molecule has 0 N–H and O–H groups in total. The lowest BCUT2D eigenvalue weighted by molar-refractivity contribution is 0.263. The first-order valence-electron chi connectivity index (χ1n) is 46.9. The van der Waals surface area contributed by atoms with Crippen molar-refractivity contribution in [2.45, 2.75) is 120 Å². The Morgan fingerprint density at radius 1 is 0.261 bits per heavy atom. The molecule has 0 aliphatic carbocycles. The van der Waals surface area contributed by atoms with Crippen molar-refractivity contribution < 1.29 is 27.6 Å². The first kappa shape index (κ1) is 78.4. The quantitative estimate of drug-likeness (QED) is 0.131. The van der Waals surface area contributed by atoms with Crippen molar-refractivity contribution in [3.05, 3.63) is 345 Å². The third-order valence-corrected chi connectivity index (χ3v) is 26.1. The Morgan fingerprint density at radius 2 is 0.552 bits per heavy atom. The first-order chi connectivity index (χ1) is 67.0. The molecule has 134 heavy (non-hydrogen) atoms. The van der Waals surface area contributed by atoms with Crippen LogP contribution in [-0.4, -0.2) is 98.5 Å². The minimum absolute atomic E-state index is 0.0303. The van der Waals surface area contributed by atoms with Crippen LogP contribution in [0.2, 0.25) is 0 Å². The number of aryl methyl sites for hydroxylation is 5. The first-order valence-corrected chi connectivity index (χ1v) is 44.9. The molecule has 0 radical (unpaired) electrons. The summed E-state index contributed by atoms with van der Waals surface area (Å²) in [5.41, 5.74) is 23.4. The summed E-state index contributed by atoms with van der Waals surface area (Å²) in [6, 6.07) is 79.6. The number of benzene rings is 8. The third-order valence-electron chi connectivity index (χ3n) is 26.1. The van der Waals surface area contributed by atoms with Gasteiger partial charge in [-0.15, -0.1) is 0 Å². The lowest BCUT2D eigenvalue weighted by Gasteiger charge is -2.33. The van der Waals surface area contributed by atoms with Gasteiger partial charge in [-0.1, -0.05) is 115 Å². The van der Waals surface area contributed by atoms with E-state index in [1.165, 1.54) is 4.90 Å². The van der Waals surface area contributed by atoms with Gasteiger partial charge in [-0.2, -0.15) is 0 Å². The number of rotatable bonds is 9. The summed E-state index contributed by atoms with van der Waals surface area (Å²) >= 11 is 0. The van der Waals surface area contributed by atoms with Crippen LogP contribution >= 0.6 is 0 Å². The Morgan fingerprint density at radius 3 is 0.933 bits per heavy atom. The molecule has 5 aliphatic rings. The Balaban J connectivity index is 0.0000001000. The maximum Gasteiger partial charge on any atom is 0.227 e. The fourth-order valence-electron chi connectivity index (χ4n) is 19.8. The van der Waals surface area contributed by atoms with Crippen molar-refractivity contribution in [1.82, 2.24) is 54.7 Å². The number of pyridine rings is 7. The summed E-state index contributed by atoms with van der Waals surface area (Å²) in [7, 11) is 0. The number of fused-ring (bicyclic) bond motifs is 18. The van der Waals surface area contributed by atoms with Crippen LogP contribution in [0.15, 0.2) is 339 Å². The van der Waals surface area contributed by atoms with Gasteiger partial charge in [-0.05, 0) is 232 Å². The number of furan rings is 5. The molecule has 13 aromatic heterocycles. The van der Waals surface area contributed by atoms with Gasteiger partial charge >= 0.3 is 0 Å². The highest BCUT2D eigenvalue weighted by atomic mass is 16.4. The number of nitrogens with zero attached hydrogens (tertiary/aromatic N) is 19. The van der Waals surface area contributed by atoms with Crippen molar-refractivity contribution in [2.75, 3.05) is 46.2 Å². The largest absolute Gasteiger partial charge is 0.435 e. The van der Waals surface area contributed by atoms with E-state index < -0.39 is 13.0 Å². The Labute approximate surface area is 779 Å². The fraction of sp³-hybridized carbons (Fsp3) is 0.173. The summed E-state index contributed by atoms with van der Waals surface area (Å²) in [5, 5.41) is 10.3. The number of hydrogen-bond donors (Lipinski definition) is 0. The molecule has 18 heterocycles. The molecular formula is C110H97N19O5. The average molecular weight is 1770 g/mol. The SMILES string of the molecule is Cc1ccc2c(oc3ncccc32)c1N1c2cccnc2N(c2ccccc2)[C@@H]1C.Cc1ccc2c(oc3ncccc32)c1N1c2ncccc2N(c2ccccc2)[C@@H]1C.Cc1ccc2c(oc3ncccc32)c1N1c2nccnc2N(c2ccccc2)[C@@H]1C.[2H]C(C)(C)N1C=CN(c2c(C)ccc3c2oc2ncccc23)[C@H]1C.[2H]C([2H])([2H])N1C=CN(c2c(C)ccc3c2oc2ncccc23)[C@H]1C. The smallest absolute Gasteiger partial charge is 0.227 e. The topological polar surface area (TPSA) is 214 Å². The Hall–Kier alpha value is -16.6. The molecule has 662 valence electrons. The Kier molecular flexibility index (Phi) is 19.7. The third kappa shape index (κ3) is 13.8. The molecule has 0 saturated heterocycles. The van der Waals surface area contributed by atoms with Crippen molar-refractivity contribution in [3.63, 3.8) is 0 Å². The molecule has 0 spiro atoms. The zero-order chi connectivity index (χ0) is 94.8. The van der Waals surface area contributed by atoms with Crippen LogP contribution in [0.25, 0.3) is 110 Å². The molecule has 0 bridgehead atoms. The highest BCUT2D eigenvalue weighted by molar-refractivity contribution is 6.14. The zero-order valence-electron chi connectivity index (χ0n) is 79.9. The van der Waals surface area contributed by atoms with Crippen LogP contribution in [0.4, 0.5) is 80.1 Å². The van der Waals surface area contributed by atoms with Crippen molar-refractivity contribution in [1.29, 1.82) is 0 Å². The van der Waals surface area contributed by atoms with Gasteiger partial charge < -0.3 is 61.3 Å². The molecule has 5 atom stereocenters. The molecule has 0 fully saturated rings. The standard InChI is InChI=1S/2C25H20N4O.C24H19N5O.C19H21N3O.C17H17N3O/c1-16-12-13-19-20-10-6-15-27-25(20)30-23(19)22(16)29-17(2)28(18-8-4-3-5-9-18)24-21(29)11-7-14-26-24;1-16-12-13-19-20-10-6-15-27-25(20)30-23(19)22(16)29-17(2)28(18-8-4-3-5-9-18)21-11-7-14-26-24(21)29;1-15-10-11-18-19-9-6-12-27-24(19)30-21(18)20(15)29-16(2)28(17-7-4-3-5-8-17)22-23(29)26-14-13-25-22;1-12(2)21-10-11-22(14(21)4)17-13(3)7-8-15-16-6-5-9-20-19(16)23-18(15)17;1-11-6-7-13-14-5-4-8-18-17(14)21-16(13)15(11)20-10-9-19(3)12(20)2/h2*3-15,17H,1-2H3;3-14,16H,1-2H3;5-12,14H,1-4H3;4-10,12H,1-3H3/t2*17-;16-;14-;12-/m00000/s1/i;;;12D;3D3. The van der Waals surface area contributed by atoms with Gasteiger partial charge in [-0.3, -0.25) is 9.80 Å². The van der Waals surface area contributed by atoms with Crippen LogP contribution in [0.3, 0.4) is 0 Å². The number of aromatic nitrogens is 9. The van der Waals surface area contributed by atoms with E-state index in [2.05, 4.69) is 253 Å². The zero-order valence-corrected chi connectivity index (χ0v) is 75.9. The predicted octanol–water partition coefficient (Wildman–Crippen LogP) is 26.9. The highest BCUT2D eigenvalue weighted by Crippen LogP contribution is 2.55. The second-order valence-electron chi connectivity index (χ2n) is 34.3. The highest BCUT2D eigenvalue weighted by Gasteiger charge is 2.43. The molecule has 0 amide bonds. The monoisotopic (exact) mass is 1770 g/mol. The van der Waals surface area contributed by atoms with Crippen LogP contribution in [0.1, 0.15) is 81.8 Å². The van der Waals surface area contributed by atoms with Crippen LogP contribution < -0.4 is 39.2 Å². The van der Waals surface area contributed by atoms with E-state index in [9.17, 15) is 0 Å². The van der Waals surface area contributed by atoms with E-state index in [-0.39, 0.29) is 30.8 Å². The average Bonchev–Trinajstić information content (AvgIpc) is 1.58. The lowest BCUT2D eigenvalue weighted by atomic mass is 10.1. The van der Waals surface area contributed by atoms with Gasteiger partial charge in [0.05, 0.1) is 41.2 Å². The van der Waals surface area contributed by atoms with Gasteiger partial charge in [0.15, 0.2) is 51.2 Å². The second kappa shape index (κ2) is 33.7. The van der Waals surface area contributed by atoms with Crippen LogP contribution in [-0.2, 0) is 0 Å². The Bertz CT molecular complexity index is 7660. The maximum atomic E-state index is 8.33. The summed E-state index contributed by atoms with van der Waals surface area (Å²) in [6.07, 6.45) is 23.1. The van der Waals surface area contributed by atoms with Crippen molar-refractivity contribution >= 4 is 190 Å². The second-order valence-corrected chi connectivity index (χ2v) is 34.3. The molecule has 8 aromatic carbocycles. The van der Waals surface area contributed by atoms with Crippen molar-refractivity contribution in [2.24, 2.45) is 0 Å². The molecular weight excluding hydrogens is 1670 g/mol. The molecule has 24 nitrogen and oxygen atoms in total. The minimum atomic E-state index is -2.18. The summed E-state index contributed by atoms with van der Waals surface area (Å²) in [6.45, 7) is 22.6. The van der Waals surface area contributed by atoms with Gasteiger partial charge in [-0.25, -0.2) is 44.9 Å². The molecule has 0 saturated carbocycles. The summed E-state index contributed by atoms with van der Waals surface area (Å²) < 4.78 is 62.3. The number of anilines is 14. The van der Waals surface area contributed by atoms with E-state index in [1.807, 2.05) is 165 Å². The van der Waals surface area contributed by atoms with Crippen molar-refractivity contribution in [3.8, 4) is 0 Å². The molecule has 24 heteroatoms. The van der Waals surface area contributed by atoms with E-state index in [0.29, 0.717) is 28.6 Å². The minimum Gasteiger partial charge on any atom is -0.435 e. The molecule has 5 aliphatic heterocycles. The summed E-state index contributed by atoms with van der Waals surface area (Å²) in [5.74, 6) is 3.53. The van der Waals surface area contributed by atoms with Gasteiger partial charge in [0.2, 0.25) is 28.6 Å². The van der Waals surface area contributed by atoms with E-state index in [1.54, 1.807) is 55.8 Å². The number of para-hydroxylation sites is 3. The molecule has 26 rings (SSSR count). The summed E-state index contributed by atoms with van der Waals surface area (Å²) in [4.78, 5) is 62.0. The number of hydrogen-bond acceptors (Lipinski definition) is 24. The normalized spacial score (nSPS) is 17.2. The van der Waals surface area contributed by atoms with E-state index >= 15 is 0 Å². The van der Waals surface area contributed by atoms with Crippen LogP contribution in [0, 0.1) is 34.6 Å². The predicted molar refractivity (Wildman–Crippen MR) is 539 cm³/mol. The fourth-order valence-corrected chi connectivity index (χ4v) is 19.8. The molecule has 0 unspecified atom stereocenters. The van der Waals surface area contributed by atoms with Gasteiger partial charge in [0.1, 0.15) is 30.8 Å². The van der Waals surface area contributed by atoms with Gasteiger partial charge in [0, 0.05) is 169 Å². The van der Waals surface area contributed by atoms with Gasteiger partial charge in [0.25, 0.3) is 0 Å². The van der Waals surface area contributed by atoms with E-state index in [0.717, 1.165) is 190 Å².